The summed E-state index contributed by atoms with van der Waals surface area (Å²) in [6, 6.07) is 24.9. The number of nitrogens with zero attached hydrogens (tertiary/aromatic N) is 2. The number of primary amides is 1. The van der Waals surface area contributed by atoms with Gasteiger partial charge in [-0.15, -0.1) is 0 Å². The summed E-state index contributed by atoms with van der Waals surface area (Å²) < 4.78 is 0. The monoisotopic (exact) mass is 814 g/mol. The number of hydrogen-bond acceptors (Lipinski definition) is 11. The van der Waals surface area contributed by atoms with Crippen LogP contribution in [0.3, 0.4) is 0 Å². The highest BCUT2D eigenvalue weighted by molar-refractivity contribution is 8.76. The molecule has 7 N–H and O–H groups in total. The first-order valence-corrected chi connectivity index (χ1v) is 20.0. The van der Waals surface area contributed by atoms with Gasteiger partial charge in [-0.2, -0.15) is 0 Å². The minimum Gasteiger partial charge on any atom is -0.368 e. The summed E-state index contributed by atoms with van der Waals surface area (Å²) in [6.07, 6.45) is 1.37. The van der Waals surface area contributed by atoms with Crippen molar-refractivity contribution in [2.24, 2.45) is 5.73 Å². The van der Waals surface area contributed by atoms with Crippen molar-refractivity contribution in [3.8, 4) is 0 Å². The van der Waals surface area contributed by atoms with Gasteiger partial charge in [0.1, 0.15) is 35.4 Å². The summed E-state index contributed by atoms with van der Waals surface area (Å²) in [5.41, 5.74) is 7.67. The van der Waals surface area contributed by atoms with Gasteiger partial charge in [-0.1, -0.05) is 102 Å². The smallest absolute Gasteiger partial charge is 0.287 e. The zero-order valence-corrected chi connectivity index (χ0v) is 32.4. The van der Waals surface area contributed by atoms with Crippen LogP contribution in [0.25, 0.3) is 0 Å². The van der Waals surface area contributed by atoms with Crippen molar-refractivity contribution < 1.29 is 33.7 Å². The molecule has 0 aliphatic heterocycles. The molecule has 57 heavy (non-hydrogen) atoms. The molecule has 0 fully saturated rings. The van der Waals surface area contributed by atoms with E-state index in [0.717, 1.165) is 38.9 Å². The number of hydrogen-bond donors (Lipinski definition) is 6. The Balaban J connectivity index is 1.49. The molecule has 3 unspecified atom stereocenters. The quantitative estimate of drug-likeness (QED) is 0.0404. The van der Waals surface area contributed by atoms with Gasteiger partial charge in [0.15, 0.2) is 0 Å². The summed E-state index contributed by atoms with van der Waals surface area (Å²) in [6.45, 7) is 0.750. The van der Waals surface area contributed by atoms with Gasteiger partial charge >= 0.3 is 0 Å². The van der Waals surface area contributed by atoms with Gasteiger partial charge in [0.05, 0.1) is 11.5 Å². The molecule has 0 bridgehead atoms. The van der Waals surface area contributed by atoms with Crippen molar-refractivity contribution in [3.05, 3.63) is 136 Å². The van der Waals surface area contributed by atoms with E-state index < -0.39 is 71.1 Å². The number of pyridine rings is 1. The molecule has 0 radical (unpaired) electrons. The molecule has 1 aromatic heterocycles. The van der Waals surface area contributed by atoms with Crippen molar-refractivity contribution in [3.63, 3.8) is 0 Å². The van der Waals surface area contributed by atoms with E-state index in [9.17, 15) is 38.9 Å². The lowest BCUT2D eigenvalue weighted by atomic mass is 10.0. The molecule has 4 atom stereocenters. The predicted octanol–water partition coefficient (Wildman–Crippen LogP) is 2.02. The van der Waals surface area contributed by atoms with E-state index in [1.807, 2.05) is 6.07 Å². The van der Waals surface area contributed by atoms with Crippen LogP contribution in [0.15, 0.2) is 114 Å². The Kier molecular flexibility index (Phi) is 17.0. The van der Waals surface area contributed by atoms with Crippen LogP contribution in [0.5, 0.6) is 0 Å². The lowest BCUT2D eigenvalue weighted by Crippen LogP contribution is -2.58. The molecular formula is C39H42N8O8S2. The number of rotatable bonds is 21. The van der Waals surface area contributed by atoms with Crippen LogP contribution in [0.4, 0.5) is 5.69 Å². The molecular weight excluding hydrogens is 773 g/mol. The molecule has 16 nitrogen and oxygen atoms in total. The second-order valence-electron chi connectivity index (χ2n) is 12.7. The second kappa shape index (κ2) is 22.3. The molecule has 4 aromatic rings. The molecule has 4 rings (SSSR count). The van der Waals surface area contributed by atoms with Crippen LogP contribution in [0.2, 0.25) is 0 Å². The maximum absolute atomic E-state index is 14.0. The molecule has 0 saturated carbocycles. The molecule has 0 aliphatic carbocycles. The van der Waals surface area contributed by atoms with Crippen LogP contribution in [0, 0.1) is 10.1 Å². The van der Waals surface area contributed by atoms with E-state index in [1.54, 1.807) is 84.9 Å². The van der Waals surface area contributed by atoms with Crippen LogP contribution in [0.1, 0.15) is 23.6 Å². The summed E-state index contributed by atoms with van der Waals surface area (Å²) in [5, 5.41) is 24.5. The maximum Gasteiger partial charge on any atom is 0.287 e. The van der Waals surface area contributed by atoms with Gasteiger partial charge in [-0.3, -0.25) is 38.9 Å². The first-order chi connectivity index (χ1) is 27.4. The molecule has 1 heterocycles. The van der Waals surface area contributed by atoms with Gasteiger partial charge in [0.2, 0.25) is 35.4 Å². The third-order valence-corrected chi connectivity index (χ3v) is 10.5. The topological polar surface area (TPSA) is 245 Å². The van der Waals surface area contributed by atoms with Crippen molar-refractivity contribution in [1.29, 1.82) is 0 Å². The summed E-state index contributed by atoms with van der Waals surface area (Å²) in [7, 11) is 2.22. The highest BCUT2D eigenvalue weighted by Gasteiger charge is 2.30. The van der Waals surface area contributed by atoms with E-state index in [-0.39, 0.29) is 30.7 Å². The van der Waals surface area contributed by atoms with Gasteiger partial charge in [0, 0.05) is 38.0 Å². The second-order valence-corrected chi connectivity index (χ2v) is 15.0. The zero-order chi connectivity index (χ0) is 41.2. The van der Waals surface area contributed by atoms with Crippen molar-refractivity contribution in [1.82, 2.24) is 31.6 Å². The van der Waals surface area contributed by atoms with Crippen LogP contribution < -0.4 is 32.3 Å². The molecule has 3 aromatic carbocycles. The highest BCUT2D eigenvalue weighted by Crippen LogP contribution is 2.30. The molecule has 0 saturated heterocycles. The fraction of sp³-hybridized carbons (Fsp3) is 0.256. The Morgan fingerprint density at radius 2 is 1.16 bits per heavy atom. The number of amides is 6. The largest absolute Gasteiger partial charge is 0.368 e. The fourth-order valence-electron chi connectivity index (χ4n) is 5.39. The van der Waals surface area contributed by atoms with E-state index in [2.05, 4.69) is 31.6 Å². The molecule has 18 heteroatoms. The fourth-order valence-corrected chi connectivity index (χ4v) is 7.44. The SMILES string of the molecule is CC(=O)NC(Cc1ccccc1)C(=O)NCC(=O)NC(Cc1ccccc1)C(=O)N[C@@H](CSSc1ccc([N+](=O)[O-])cn1)C(=O)NC(Cc1ccccc1)C(N)=O. The average molecular weight is 815 g/mol. The Morgan fingerprint density at radius 1 is 0.667 bits per heavy atom. The van der Waals surface area contributed by atoms with Gasteiger partial charge in [0.25, 0.3) is 5.69 Å². The van der Waals surface area contributed by atoms with E-state index >= 15 is 0 Å². The van der Waals surface area contributed by atoms with E-state index in [0.29, 0.717) is 10.6 Å². The Morgan fingerprint density at radius 3 is 1.63 bits per heavy atom. The Bertz CT molecular complexity index is 1990. The molecule has 298 valence electrons. The van der Waals surface area contributed by atoms with Crippen molar-refractivity contribution >= 4 is 62.7 Å². The van der Waals surface area contributed by atoms with Gasteiger partial charge in [-0.05, 0) is 33.6 Å². The van der Waals surface area contributed by atoms with E-state index in [4.69, 9.17) is 5.73 Å². The Labute approximate surface area is 336 Å². The number of nitro groups is 1. The van der Waals surface area contributed by atoms with Crippen molar-refractivity contribution in [2.45, 2.75) is 55.4 Å². The first kappa shape index (κ1) is 43.5. The number of nitrogens with one attached hydrogen (secondary N) is 5. The lowest BCUT2D eigenvalue weighted by Gasteiger charge is -2.25. The summed E-state index contributed by atoms with van der Waals surface area (Å²) in [5.74, 6) is -4.09. The maximum atomic E-state index is 14.0. The van der Waals surface area contributed by atoms with Crippen LogP contribution in [-0.2, 0) is 48.0 Å². The average Bonchev–Trinajstić information content (AvgIpc) is 3.19. The Hall–Kier alpha value is -6.27. The molecule has 0 aliphatic rings. The predicted molar refractivity (Wildman–Crippen MR) is 215 cm³/mol. The normalized spacial score (nSPS) is 12.8. The van der Waals surface area contributed by atoms with Crippen LogP contribution in [-0.4, -0.2) is 81.8 Å². The number of carbonyl (C=O) groups excluding carboxylic acids is 6. The first-order valence-electron chi connectivity index (χ1n) is 17.6. The number of aromatic nitrogens is 1. The third kappa shape index (κ3) is 15.1. The highest BCUT2D eigenvalue weighted by atomic mass is 33.1. The van der Waals surface area contributed by atoms with Gasteiger partial charge in [-0.25, -0.2) is 4.98 Å². The number of carbonyl (C=O) groups is 6. The lowest BCUT2D eigenvalue weighted by molar-refractivity contribution is -0.385. The molecule has 0 spiro atoms. The molecule has 6 amide bonds. The summed E-state index contributed by atoms with van der Waals surface area (Å²) in [4.78, 5) is 93.0. The summed E-state index contributed by atoms with van der Waals surface area (Å²) >= 11 is 0. The van der Waals surface area contributed by atoms with Gasteiger partial charge < -0.3 is 32.3 Å². The van der Waals surface area contributed by atoms with Crippen LogP contribution >= 0.6 is 21.6 Å². The minimum absolute atomic E-state index is 0.00967. The number of nitrogens with two attached hydrogens (primary N) is 1. The standard InChI is InChI=1S/C39H42N8O8S2/c1-25(48)43-31(20-27-13-7-3-8-14-27)37(51)42-23-34(49)44-32(21-28-15-9-4-10-16-28)38(52)46-33(24-56-57-35-18-17-29(22-41-35)47(54)55)39(53)45-30(36(40)50)19-26-11-5-2-6-12-26/h2-18,22,30-33H,19-21,23-24H2,1H3,(H2,40,50)(H,42,51)(H,43,48)(H,44,49)(H,45,53)(H,46,52)/t30?,31?,32?,33-/m0/s1. The third-order valence-electron chi connectivity index (χ3n) is 8.22. The van der Waals surface area contributed by atoms with E-state index in [1.165, 1.54) is 19.1 Å². The zero-order valence-electron chi connectivity index (χ0n) is 30.8. The number of benzene rings is 3. The minimum atomic E-state index is -1.27. The van der Waals surface area contributed by atoms with Crippen molar-refractivity contribution in [2.75, 3.05) is 12.3 Å².